The quantitative estimate of drug-likeness (QED) is 0.719. The van der Waals surface area contributed by atoms with Gasteiger partial charge in [-0.2, -0.15) is 0 Å². The predicted octanol–water partition coefficient (Wildman–Crippen LogP) is 5.03. The van der Waals surface area contributed by atoms with Crippen LogP contribution in [0.1, 0.15) is 27.2 Å². The van der Waals surface area contributed by atoms with Gasteiger partial charge < -0.3 is 14.3 Å². The fourth-order valence-corrected chi connectivity index (χ4v) is 2.81. The molecule has 1 unspecified atom stereocenters. The summed E-state index contributed by atoms with van der Waals surface area (Å²) in [6.45, 7) is 5.53. The van der Waals surface area contributed by atoms with Crippen molar-refractivity contribution in [1.82, 2.24) is 0 Å². The molecule has 0 bridgehead atoms. The topological polar surface area (TPSA) is 42.6 Å². The lowest BCUT2D eigenvalue weighted by molar-refractivity contribution is 0.0324. The SMILES string of the molecule is CC(CC(C)(C)O)Oc1ccc2cc(-c3ccccc3)oc2c1. The molecule has 0 spiro atoms. The number of ether oxygens (including phenoxy) is 1. The van der Waals surface area contributed by atoms with E-state index in [1.54, 1.807) is 13.8 Å². The number of fused-ring (bicyclic) bond motifs is 1. The molecule has 23 heavy (non-hydrogen) atoms. The van der Waals surface area contributed by atoms with E-state index in [0.29, 0.717) is 6.42 Å². The van der Waals surface area contributed by atoms with Gasteiger partial charge in [0, 0.05) is 23.4 Å². The Balaban J connectivity index is 1.82. The number of aliphatic hydroxyl groups is 1. The Bertz CT molecular complexity index is 782. The Kier molecular flexibility index (Phi) is 4.14. The number of furan rings is 1. The van der Waals surface area contributed by atoms with Crippen LogP contribution in [0, 0.1) is 0 Å². The lowest BCUT2D eigenvalue weighted by Crippen LogP contribution is -2.27. The highest BCUT2D eigenvalue weighted by molar-refractivity contribution is 5.83. The first-order valence-corrected chi connectivity index (χ1v) is 7.89. The molecule has 3 heteroatoms. The molecule has 1 N–H and O–H groups in total. The van der Waals surface area contributed by atoms with Gasteiger partial charge in [0.1, 0.15) is 17.1 Å². The molecule has 3 rings (SSSR count). The van der Waals surface area contributed by atoms with Gasteiger partial charge in [-0.05, 0) is 39.0 Å². The summed E-state index contributed by atoms with van der Waals surface area (Å²) in [7, 11) is 0. The minimum absolute atomic E-state index is 0.0731. The Morgan fingerprint density at radius 2 is 1.83 bits per heavy atom. The predicted molar refractivity (Wildman–Crippen MR) is 92.7 cm³/mol. The summed E-state index contributed by atoms with van der Waals surface area (Å²) in [4.78, 5) is 0. The third-order valence-corrected chi connectivity index (χ3v) is 3.67. The molecule has 0 fully saturated rings. The molecule has 1 aromatic heterocycles. The maximum atomic E-state index is 9.87. The van der Waals surface area contributed by atoms with Gasteiger partial charge in [0.2, 0.25) is 0 Å². The largest absolute Gasteiger partial charge is 0.490 e. The van der Waals surface area contributed by atoms with Crippen LogP contribution in [-0.2, 0) is 0 Å². The molecule has 1 atom stereocenters. The molecule has 0 aliphatic heterocycles. The van der Waals surface area contributed by atoms with Gasteiger partial charge in [-0.25, -0.2) is 0 Å². The first-order chi connectivity index (χ1) is 10.9. The van der Waals surface area contributed by atoms with Crippen LogP contribution in [0.2, 0.25) is 0 Å². The second-order valence-corrected chi connectivity index (χ2v) is 6.62. The lowest BCUT2D eigenvalue weighted by atomic mass is 10.0. The summed E-state index contributed by atoms with van der Waals surface area (Å²) >= 11 is 0. The van der Waals surface area contributed by atoms with E-state index < -0.39 is 5.60 Å². The number of benzene rings is 2. The zero-order valence-electron chi connectivity index (χ0n) is 13.7. The van der Waals surface area contributed by atoms with Gasteiger partial charge >= 0.3 is 0 Å². The fraction of sp³-hybridized carbons (Fsp3) is 0.300. The Morgan fingerprint density at radius 1 is 1.09 bits per heavy atom. The molecule has 1 heterocycles. The summed E-state index contributed by atoms with van der Waals surface area (Å²) in [5.74, 6) is 1.60. The zero-order chi connectivity index (χ0) is 16.4. The van der Waals surface area contributed by atoms with E-state index in [0.717, 1.165) is 28.0 Å². The maximum absolute atomic E-state index is 9.87. The van der Waals surface area contributed by atoms with Crippen LogP contribution >= 0.6 is 0 Å². The minimum Gasteiger partial charge on any atom is -0.490 e. The molecule has 0 saturated heterocycles. The minimum atomic E-state index is -0.741. The van der Waals surface area contributed by atoms with Crippen LogP contribution in [0.15, 0.2) is 59.0 Å². The Morgan fingerprint density at radius 3 is 2.52 bits per heavy atom. The van der Waals surface area contributed by atoms with E-state index in [1.807, 2.05) is 61.5 Å². The van der Waals surface area contributed by atoms with E-state index >= 15 is 0 Å². The normalized spacial score (nSPS) is 13.2. The highest BCUT2D eigenvalue weighted by atomic mass is 16.5. The van der Waals surface area contributed by atoms with E-state index in [-0.39, 0.29) is 6.10 Å². The van der Waals surface area contributed by atoms with Crippen LogP contribution in [0.3, 0.4) is 0 Å². The van der Waals surface area contributed by atoms with E-state index in [9.17, 15) is 5.11 Å². The molecule has 0 amide bonds. The van der Waals surface area contributed by atoms with Crippen LogP contribution in [0.25, 0.3) is 22.3 Å². The van der Waals surface area contributed by atoms with Crippen molar-refractivity contribution in [2.45, 2.75) is 38.9 Å². The zero-order valence-corrected chi connectivity index (χ0v) is 13.7. The molecule has 0 radical (unpaired) electrons. The number of hydrogen-bond acceptors (Lipinski definition) is 3. The first kappa shape index (κ1) is 15.6. The van der Waals surface area contributed by atoms with Crippen molar-refractivity contribution < 1.29 is 14.3 Å². The Hall–Kier alpha value is -2.26. The van der Waals surface area contributed by atoms with Crippen molar-refractivity contribution >= 4 is 11.0 Å². The monoisotopic (exact) mass is 310 g/mol. The smallest absolute Gasteiger partial charge is 0.138 e. The van der Waals surface area contributed by atoms with Crippen LogP contribution in [0.4, 0.5) is 0 Å². The summed E-state index contributed by atoms with van der Waals surface area (Å²) in [6, 6.07) is 17.9. The average Bonchev–Trinajstić information content (AvgIpc) is 2.89. The van der Waals surface area contributed by atoms with Crippen molar-refractivity contribution in [3.05, 3.63) is 54.6 Å². The second kappa shape index (κ2) is 6.09. The summed E-state index contributed by atoms with van der Waals surface area (Å²) in [6.07, 6.45) is 0.495. The molecular weight excluding hydrogens is 288 g/mol. The van der Waals surface area contributed by atoms with Gasteiger partial charge in [0.15, 0.2) is 0 Å². The summed E-state index contributed by atoms with van der Waals surface area (Å²) < 4.78 is 11.8. The molecule has 0 aliphatic rings. The van der Waals surface area contributed by atoms with Crippen LogP contribution in [0.5, 0.6) is 5.75 Å². The van der Waals surface area contributed by atoms with E-state index in [4.69, 9.17) is 9.15 Å². The van der Waals surface area contributed by atoms with Crippen LogP contribution in [-0.4, -0.2) is 16.8 Å². The van der Waals surface area contributed by atoms with Gasteiger partial charge in [-0.15, -0.1) is 0 Å². The van der Waals surface area contributed by atoms with Crippen molar-refractivity contribution in [3.8, 4) is 17.1 Å². The summed E-state index contributed by atoms with van der Waals surface area (Å²) in [5, 5.41) is 10.9. The average molecular weight is 310 g/mol. The van der Waals surface area contributed by atoms with Gasteiger partial charge in [-0.3, -0.25) is 0 Å². The van der Waals surface area contributed by atoms with Crippen molar-refractivity contribution in [3.63, 3.8) is 0 Å². The summed E-state index contributed by atoms with van der Waals surface area (Å²) in [5.41, 5.74) is 1.12. The van der Waals surface area contributed by atoms with Gasteiger partial charge in [-0.1, -0.05) is 30.3 Å². The molecule has 3 aromatic rings. The van der Waals surface area contributed by atoms with Crippen LogP contribution < -0.4 is 4.74 Å². The molecule has 0 aliphatic carbocycles. The lowest BCUT2D eigenvalue weighted by Gasteiger charge is -2.22. The first-order valence-electron chi connectivity index (χ1n) is 7.89. The maximum Gasteiger partial charge on any atom is 0.138 e. The fourth-order valence-electron chi connectivity index (χ4n) is 2.81. The molecular formula is C20H22O3. The van der Waals surface area contributed by atoms with Gasteiger partial charge in [0.25, 0.3) is 0 Å². The van der Waals surface area contributed by atoms with Crippen molar-refractivity contribution in [2.75, 3.05) is 0 Å². The molecule has 0 saturated carbocycles. The highest BCUT2D eigenvalue weighted by Crippen LogP contribution is 2.30. The third kappa shape index (κ3) is 3.93. The standard InChI is InChI=1S/C20H22O3/c1-14(13-20(2,3)21)22-17-10-9-16-11-18(23-19(16)12-17)15-7-5-4-6-8-15/h4-12,14,21H,13H2,1-3H3. The Labute approximate surface area is 136 Å². The number of hydrogen-bond donors (Lipinski definition) is 1. The molecule has 120 valence electrons. The van der Waals surface area contributed by atoms with Crippen molar-refractivity contribution in [1.29, 1.82) is 0 Å². The van der Waals surface area contributed by atoms with E-state index in [2.05, 4.69) is 0 Å². The highest BCUT2D eigenvalue weighted by Gasteiger charge is 2.18. The molecule has 2 aromatic carbocycles. The van der Waals surface area contributed by atoms with Crippen molar-refractivity contribution in [2.24, 2.45) is 0 Å². The van der Waals surface area contributed by atoms with E-state index in [1.165, 1.54) is 0 Å². The molecule has 3 nitrogen and oxygen atoms in total. The van der Waals surface area contributed by atoms with Gasteiger partial charge in [0.05, 0.1) is 11.7 Å². The third-order valence-electron chi connectivity index (χ3n) is 3.67. The number of rotatable bonds is 5. The second-order valence-electron chi connectivity index (χ2n) is 6.62.